The summed E-state index contributed by atoms with van der Waals surface area (Å²) in [6, 6.07) is 0. The molecule has 122 valence electrons. The van der Waals surface area contributed by atoms with E-state index in [-0.39, 0.29) is 6.61 Å². The van der Waals surface area contributed by atoms with E-state index in [2.05, 4.69) is 12.2 Å². The fourth-order valence-electron chi connectivity index (χ4n) is 1.68. The Hall–Kier alpha value is -0.200. The lowest BCUT2D eigenvalue weighted by Gasteiger charge is -2.13. The van der Waals surface area contributed by atoms with Gasteiger partial charge in [0.1, 0.15) is 0 Å². The Morgan fingerprint density at radius 2 is 1.85 bits per heavy atom. The molecule has 0 aliphatic carbocycles. The molecule has 0 saturated carbocycles. The Labute approximate surface area is 123 Å². The molecule has 0 fully saturated rings. The van der Waals surface area contributed by atoms with Gasteiger partial charge in [0.25, 0.3) is 0 Å². The number of aliphatic hydroxyl groups excluding tert-OH is 2. The minimum absolute atomic E-state index is 0.247. The van der Waals surface area contributed by atoms with Gasteiger partial charge in [0.15, 0.2) is 0 Å². The molecule has 5 heteroatoms. The van der Waals surface area contributed by atoms with Crippen LogP contribution in [0.1, 0.15) is 39.5 Å². The summed E-state index contributed by atoms with van der Waals surface area (Å²) in [5.74, 6) is 0.359. The van der Waals surface area contributed by atoms with Crippen LogP contribution < -0.4 is 5.32 Å². The van der Waals surface area contributed by atoms with E-state index in [1.165, 1.54) is 0 Å². The van der Waals surface area contributed by atoms with Crippen molar-refractivity contribution in [1.29, 1.82) is 0 Å². The van der Waals surface area contributed by atoms with Crippen LogP contribution in [-0.2, 0) is 9.47 Å². The van der Waals surface area contributed by atoms with Gasteiger partial charge < -0.3 is 25.0 Å². The Morgan fingerprint density at radius 1 is 1.10 bits per heavy atom. The minimum Gasteiger partial charge on any atom is -0.396 e. The van der Waals surface area contributed by atoms with Gasteiger partial charge in [-0.25, -0.2) is 0 Å². The van der Waals surface area contributed by atoms with Gasteiger partial charge >= 0.3 is 0 Å². The summed E-state index contributed by atoms with van der Waals surface area (Å²) in [7, 11) is 0. The summed E-state index contributed by atoms with van der Waals surface area (Å²) < 4.78 is 10.7. The molecular weight excluding hydrogens is 258 g/mol. The number of unbranched alkanes of at least 4 members (excludes halogenated alkanes) is 1. The quantitative estimate of drug-likeness (QED) is 0.395. The molecule has 3 N–H and O–H groups in total. The maximum atomic E-state index is 9.68. The third-order valence-electron chi connectivity index (χ3n) is 3.07. The van der Waals surface area contributed by atoms with Crippen LogP contribution in [0.3, 0.4) is 0 Å². The van der Waals surface area contributed by atoms with E-state index in [9.17, 15) is 5.11 Å². The van der Waals surface area contributed by atoms with E-state index < -0.39 is 6.10 Å². The predicted octanol–water partition coefficient (Wildman–Crippen LogP) is 1.18. The fraction of sp³-hybridized carbons (Fsp3) is 1.00. The smallest absolute Gasteiger partial charge is 0.0897 e. The Morgan fingerprint density at radius 3 is 2.55 bits per heavy atom. The van der Waals surface area contributed by atoms with Crippen molar-refractivity contribution in [1.82, 2.24) is 5.32 Å². The number of aliphatic hydroxyl groups is 2. The van der Waals surface area contributed by atoms with E-state index in [4.69, 9.17) is 14.6 Å². The molecule has 2 unspecified atom stereocenters. The normalized spacial score (nSPS) is 14.4. The average Bonchev–Trinajstić information content (AvgIpc) is 2.45. The maximum Gasteiger partial charge on any atom is 0.0897 e. The highest BCUT2D eigenvalue weighted by atomic mass is 16.5. The molecule has 0 aromatic rings. The molecule has 0 spiro atoms. The second-order valence-electron chi connectivity index (χ2n) is 5.33. The first-order chi connectivity index (χ1) is 9.70. The number of hydrogen-bond donors (Lipinski definition) is 3. The molecule has 2 atom stereocenters. The molecule has 0 amide bonds. The van der Waals surface area contributed by atoms with Crippen LogP contribution in [0.4, 0.5) is 0 Å². The highest BCUT2D eigenvalue weighted by Gasteiger charge is 2.04. The highest BCUT2D eigenvalue weighted by Crippen LogP contribution is 2.02. The van der Waals surface area contributed by atoms with Crippen LogP contribution in [-0.4, -0.2) is 62.4 Å². The molecule has 0 heterocycles. The molecule has 0 aliphatic heterocycles. The standard InChI is InChI=1S/C15H33NO4/c1-3-4-8-19-9-10-20-13-15(18)11-16-7-5-6-14(2)12-17/h14-18H,3-13H2,1-2H3. The molecule has 0 aromatic heterocycles. The lowest BCUT2D eigenvalue weighted by atomic mass is 10.1. The van der Waals surface area contributed by atoms with E-state index >= 15 is 0 Å². The lowest BCUT2D eigenvalue weighted by Crippen LogP contribution is -2.31. The summed E-state index contributed by atoms with van der Waals surface area (Å²) in [4.78, 5) is 0. The molecule has 20 heavy (non-hydrogen) atoms. The van der Waals surface area contributed by atoms with Crippen LogP contribution in [0, 0.1) is 5.92 Å². The minimum atomic E-state index is -0.471. The van der Waals surface area contributed by atoms with Crippen molar-refractivity contribution in [3.05, 3.63) is 0 Å². The monoisotopic (exact) mass is 291 g/mol. The van der Waals surface area contributed by atoms with Gasteiger partial charge in [0, 0.05) is 19.8 Å². The van der Waals surface area contributed by atoms with Crippen LogP contribution in [0.5, 0.6) is 0 Å². The number of rotatable bonds is 15. The fourth-order valence-corrected chi connectivity index (χ4v) is 1.68. The van der Waals surface area contributed by atoms with E-state index in [0.29, 0.717) is 32.3 Å². The van der Waals surface area contributed by atoms with Crippen molar-refractivity contribution in [2.45, 2.75) is 45.6 Å². The zero-order chi connectivity index (χ0) is 15.1. The number of ether oxygens (including phenoxy) is 2. The van der Waals surface area contributed by atoms with Gasteiger partial charge in [0.2, 0.25) is 0 Å². The van der Waals surface area contributed by atoms with Crippen LogP contribution in [0.2, 0.25) is 0 Å². The number of hydrogen-bond acceptors (Lipinski definition) is 5. The van der Waals surface area contributed by atoms with Crippen LogP contribution >= 0.6 is 0 Å². The van der Waals surface area contributed by atoms with Crippen LogP contribution in [0.25, 0.3) is 0 Å². The summed E-state index contributed by atoms with van der Waals surface area (Å²) in [5, 5.41) is 21.7. The third kappa shape index (κ3) is 14.2. The summed E-state index contributed by atoms with van der Waals surface area (Å²) in [5.41, 5.74) is 0. The topological polar surface area (TPSA) is 71.0 Å². The van der Waals surface area contributed by atoms with Crippen molar-refractivity contribution >= 4 is 0 Å². The zero-order valence-corrected chi connectivity index (χ0v) is 13.1. The molecule has 0 rings (SSSR count). The summed E-state index contributed by atoms with van der Waals surface area (Å²) >= 11 is 0. The third-order valence-corrected chi connectivity index (χ3v) is 3.07. The van der Waals surface area contributed by atoms with Crippen molar-refractivity contribution in [2.75, 3.05) is 46.1 Å². The Kier molecular flexibility index (Phi) is 15.0. The van der Waals surface area contributed by atoms with Crippen molar-refractivity contribution in [2.24, 2.45) is 5.92 Å². The first kappa shape index (κ1) is 19.8. The molecular formula is C15H33NO4. The van der Waals surface area contributed by atoms with Crippen molar-refractivity contribution < 1.29 is 19.7 Å². The van der Waals surface area contributed by atoms with E-state index in [0.717, 1.165) is 38.8 Å². The highest BCUT2D eigenvalue weighted by molar-refractivity contribution is 4.59. The van der Waals surface area contributed by atoms with Crippen molar-refractivity contribution in [3.63, 3.8) is 0 Å². The van der Waals surface area contributed by atoms with Gasteiger partial charge in [-0.3, -0.25) is 0 Å². The van der Waals surface area contributed by atoms with Crippen LogP contribution in [0.15, 0.2) is 0 Å². The molecule has 0 aromatic carbocycles. The van der Waals surface area contributed by atoms with E-state index in [1.807, 2.05) is 6.92 Å². The van der Waals surface area contributed by atoms with Crippen molar-refractivity contribution in [3.8, 4) is 0 Å². The van der Waals surface area contributed by atoms with Gasteiger partial charge in [0.05, 0.1) is 25.9 Å². The summed E-state index contributed by atoms with van der Waals surface area (Å²) in [6.07, 6.45) is 3.77. The molecule has 0 bridgehead atoms. The van der Waals surface area contributed by atoms with Gasteiger partial charge in [-0.15, -0.1) is 0 Å². The largest absolute Gasteiger partial charge is 0.396 e. The second kappa shape index (κ2) is 15.2. The number of nitrogens with one attached hydrogen (secondary N) is 1. The molecule has 0 radical (unpaired) electrons. The Bertz CT molecular complexity index is 193. The maximum absolute atomic E-state index is 9.68. The lowest BCUT2D eigenvalue weighted by molar-refractivity contribution is 0.00394. The molecule has 5 nitrogen and oxygen atoms in total. The van der Waals surface area contributed by atoms with Gasteiger partial charge in [-0.2, -0.15) is 0 Å². The average molecular weight is 291 g/mol. The Balaban J connectivity index is 3.18. The molecule has 0 saturated heterocycles. The van der Waals surface area contributed by atoms with Gasteiger partial charge in [-0.05, 0) is 31.7 Å². The SMILES string of the molecule is CCCCOCCOCC(O)CNCCCC(C)CO. The molecule has 0 aliphatic rings. The van der Waals surface area contributed by atoms with E-state index in [1.54, 1.807) is 0 Å². The van der Waals surface area contributed by atoms with Gasteiger partial charge in [-0.1, -0.05) is 20.3 Å². The summed E-state index contributed by atoms with van der Waals surface area (Å²) in [6.45, 7) is 8.09. The second-order valence-corrected chi connectivity index (χ2v) is 5.33. The first-order valence-corrected chi connectivity index (χ1v) is 7.85. The first-order valence-electron chi connectivity index (χ1n) is 7.85. The predicted molar refractivity (Wildman–Crippen MR) is 80.9 cm³/mol. The zero-order valence-electron chi connectivity index (χ0n) is 13.1.